The predicted octanol–water partition coefficient (Wildman–Crippen LogP) is 2.23. The van der Waals surface area contributed by atoms with Gasteiger partial charge in [0.25, 0.3) is 0 Å². The van der Waals surface area contributed by atoms with Crippen molar-refractivity contribution in [1.82, 2.24) is 0 Å². The number of phenolic OH excluding ortho intramolecular Hbond substituents is 1. The van der Waals surface area contributed by atoms with Gasteiger partial charge in [-0.15, -0.1) is 0 Å². The van der Waals surface area contributed by atoms with Gasteiger partial charge in [0.05, 0.1) is 5.56 Å². The van der Waals surface area contributed by atoms with E-state index in [1.807, 2.05) is 13.0 Å². The van der Waals surface area contributed by atoms with E-state index in [1.54, 1.807) is 25.1 Å². The molecule has 0 radical (unpaired) electrons. The summed E-state index contributed by atoms with van der Waals surface area (Å²) in [6, 6.07) is 8.52. The lowest BCUT2D eigenvalue weighted by molar-refractivity contribution is 0.1000. The lowest BCUT2D eigenvalue weighted by atomic mass is 9.93. The summed E-state index contributed by atoms with van der Waals surface area (Å²) >= 11 is 0. The molecule has 2 aromatic rings. The first kappa shape index (κ1) is 15.4. The van der Waals surface area contributed by atoms with E-state index < -0.39 is 12.0 Å². The summed E-state index contributed by atoms with van der Waals surface area (Å²) in [5.41, 5.74) is 12.8. The standard InChI is InChI=1S/C16H16N2O4/c1-8-4-3-5-10(6-8)13-12(15(17)20)9(2)7-11(14(13)19)22-16(18)21/h3-7,19H,1-2H3,(H2,17,20)(H2,18,21). The summed E-state index contributed by atoms with van der Waals surface area (Å²) in [6.45, 7) is 3.51. The average molecular weight is 300 g/mol. The van der Waals surface area contributed by atoms with Crippen molar-refractivity contribution in [3.05, 3.63) is 47.0 Å². The lowest BCUT2D eigenvalue weighted by Crippen LogP contribution is -2.18. The van der Waals surface area contributed by atoms with E-state index >= 15 is 0 Å². The van der Waals surface area contributed by atoms with Crippen LogP contribution in [0.3, 0.4) is 0 Å². The molecule has 0 spiro atoms. The Morgan fingerprint density at radius 2 is 1.82 bits per heavy atom. The van der Waals surface area contributed by atoms with Crippen LogP contribution in [0.5, 0.6) is 11.5 Å². The molecule has 0 atom stereocenters. The Balaban J connectivity index is 2.80. The SMILES string of the molecule is Cc1cccc(-c2c(O)c(OC(N)=O)cc(C)c2C(N)=O)c1. The number of phenols is 1. The zero-order chi connectivity index (χ0) is 16.4. The third-order valence-electron chi connectivity index (χ3n) is 3.23. The highest BCUT2D eigenvalue weighted by Crippen LogP contribution is 2.41. The smallest absolute Gasteiger partial charge is 0.410 e. The second kappa shape index (κ2) is 5.77. The maximum absolute atomic E-state index is 11.8. The van der Waals surface area contributed by atoms with E-state index in [0.29, 0.717) is 11.1 Å². The van der Waals surface area contributed by atoms with Crippen molar-refractivity contribution in [2.45, 2.75) is 13.8 Å². The van der Waals surface area contributed by atoms with Crippen LogP contribution in [0, 0.1) is 13.8 Å². The van der Waals surface area contributed by atoms with Gasteiger partial charge in [-0.2, -0.15) is 0 Å². The Kier molecular flexibility index (Phi) is 4.03. The molecule has 0 bridgehead atoms. The molecular weight excluding hydrogens is 284 g/mol. The zero-order valence-electron chi connectivity index (χ0n) is 12.2. The van der Waals surface area contributed by atoms with E-state index in [-0.39, 0.29) is 22.6 Å². The summed E-state index contributed by atoms with van der Waals surface area (Å²) in [5.74, 6) is -1.16. The first-order valence-electron chi connectivity index (χ1n) is 6.52. The fourth-order valence-electron chi connectivity index (χ4n) is 2.36. The predicted molar refractivity (Wildman–Crippen MR) is 81.7 cm³/mol. The number of ether oxygens (including phenoxy) is 1. The van der Waals surface area contributed by atoms with Gasteiger partial charge in [0.1, 0.15) is 0 Å². The van der Waals surface area contributed by atoms with E-state index in [9.17, 15) is 14.7 Å². The van der Waals surface area contributed by atoms with Gasteiger partial charge < -0.3 is 21.3 Å². The van der Waals surface area contributed by atoms with Crippen LogP contribution in [0.2, 0.25) is 0 Å². The molecule has 0 saturated carbocycles. The minimum absolute atomic E-state index is 0.119. The molecule has 0 fully saturated rings. The summed E-state index contributed by atoms with van der Waals surface area (Å²) in [4.78, 5) is 22.7. The lowest BCUT2D eigenvalue weighted by Gasteiger charge is -2.16. The Bertz CT molecular complexity index is 769. The largest absolute Gasteiger partial charge is 0.504 e. The second-order valence-electron chi connectivity index (χ2n) is 4.95. The Morgan fingerprint density at radius 3 is 2.36 bits per heavy atom. The number of hydrogen-bond acceptors (Lipinski definition) is 4. The van der Waals surface area contributed by atoms with Gasteiger partial charge in [0.2, 0.25) is 5.91 Å². The highest BCUT2D eigenvalue weighted by molar-refractivity contribution is 6.03. The number of aromatic hydroxyl groups is 1. The summed E-state index contributed by atoms with van der Waals surface area (Å²) in [6.07, 6.45) is -1.06. The van der Waals surface area contributed by atoms with E-state index in [0.717, 1.165) is 5.56 Å². The Labute approximate surface area is 127 Å². The number of carbonyl (C=O) groups excluding carboxylic acids is 2. The number of nitrogens with two attached hydrogens (primary N) is 2. The fourth-order valence-corrected chi connectivity index (χ4v) is 2.36. The van der Waals surface area contributed by atoms with Crippen molar-refractivity contribution in [2.75, 3.05) is 0 Å². The molecule has 22 heavy (non-hydrogen) atoms. The van der Waals surface area contributed by atoms with Gasteiger partial charge >= 0.3 is 6.09 Å². The van der Waals surface area contributed by atoms with Gasteiger partial charge in [-0.3, -0.25) is 4.79 Å². The number of primary amides is 2. The molecule has 0 saturated heterocycles. The van der Waals surface area contributed by atoms with Crippen molar-refractivity contribution < 1.29 is 19.4 Å². The zero-order valence-corrected chi connectivity index (χ0v) is 12.2. The second-order valence-corrected chi connectivity index (χ2v) is 4.95. The van der Waals surface area contributed by atoms with E-state index in [4.69, 9.17) is 16.2 Å². The van der Waals surface area contributed by atoms with Crippen molar-refractivity contribution in [2.24, 2.45) is 11.5 Å². The number of benzene rings is 2. The molecule has 5 N–H and O–H groups in total. The number of amides is 2. The highest BCUT2D eigenvalue weighted by Gasteiger charge is 2.22. The Morgan fingerprint density at radius 1 is 1.14 bits per heavy atom. The van der Waals surface area contributed by atoms with E-state index in [1.165, 1.54) is 6.07 Å². The molecule has 0 aliphatic carbocycles. The highest BCUT2D eigenvalue weighted by atomic mass is 16.6. The van der Waals surface area contributed by atoms with Gasteiger partial charge in [-0.25, -0.2) is 4.79 Å². The molecule has 2 amide bonds. The average Bonchev–Trinajstić information content (AvgIpc) is 2.41. The van der Waals surface area contributed by atoms with Crippen molar-refractivity contribution in [1.29, 1.82) is 0 Å². The molecule has 2 aromatic carbocycles. The normalized spacial score (nSPS) is 10.3. The van der Waals surface area contributed by atoms with Crippen molar-refractivity contribution in [3.8, 4) is 22.6 Å². The van der Waals surface area contributed by atoms with Crippen LogP contribution in [0.1, 0.15) is 21.5 Å². The molecule has 0 aliphatic heterocycles. The fraction of sp³-hybridized carbons (Fsp3) is 0.125. The molecule has 0 unspecified atom stereocenters. The van der Waals surface area contributed by atoms with Gasteiger partial charge in [-0.05, 0) is 31.0 Å². The molecule has 0 aromatic heterocycles. The van der Waals surface area contributed by atoms with Crippen LogP contribution in [0.15, 0.2) is 30.3 Å². The van der Waals surface area contributed by atoms with Crippen LogP contribution in [0.4, 0.5) is 4.79 Å². The number of hydrogen-bond donors (Lipinski definition) is 3. The molecule has 2 rings (SSSR count). The van der Waals surface area contributed by atoms with Crippen LogP contribution in [0.25, 0.3) is 11.1 Å². The summed E-state index contributed by atoms with van der Waals surface area (Å²) in [5, 5.41) is 10.4. The molecule has 6 nitrogen and oxygen atoms in total. The first-order chi connectivity index (χ1) is 10.3. The first-order valence-corrected chi connectivity index (χ1v) is 6.52. The van der Waals surface area contributed by atoms with Crippen molar-refractivity contribution in [3.63, 3.8) is 0 Å². The topological polar surface area (TPSA) is 116 Å². The molecule has 0 heterocycles. The maximum Gasteiger partial charge on any atom is 0.410 e. The minimum atomic E-state index is -1.06. The molecule has 6 heteroatoms. The third kappa shape index (κ3) is 2.85. The van der Waals surface area contributed by atoms with Crippen LogP contribution < -0.4 is 16.2 Å². The molecule has 0 aliphatic rings. The Hall–Kier alpha value is -3.02. The van der Waals surface area contributed by atoms with Crippen LogP contribution in [-0.2, 0) is 0 Å². The number of rotatable bonds is 3. The summed E-state index contributed by atoms with van der Waals surface area (Å²) in [7, 11) is 0. The number of carbonyl (C=O) groups is 2. The summed E-state index contributed by atoms with van der Waals surface area (Å²) < 4.78 is 4.79. The van der Waals surface area contributed by atoms with Crippen molar-refractivity contribution >= 4 is 12.0 Å². The molecular formula is C16H16N2O4. The minimum Gasteiger partial charge on any atom is -0.504 e. The van der Waals surface area contributed by atoms with Gasteiger partial charge in [-0.1, -0.05) is 29.8 Å². The quantitative estimate of drug-likeness (QED) is 0.806. The van der Waals surface area contributed by atoms with Crippen LogP contribution in [-0.4, -0.2) is 17.1 Å². The third-order valence-corrected chi connectivity index (χ3v) is 3.23. The monoisotopic (exact) mass is 300 g/mol. The van der Waals surface area contributed by atoms with E-state index in [2.05, 4.69) is 0 Å². The van der Waals surface area contributed by atoms with Gasteiger partial charge in [0, 0.05) is 5.56 Å². The molecule has 114 valence electrons. The van der Waals surface area contributed by atoms with Gasteiger partial charge in [0.15, 0.2) is 11.5 Å². The maximum atomic E-state index is 11.8. The van der Waals surface area contributed by atoms with Crippen LogP contribution >= 0.6 is 0 Å². The number of aryl methyl sites for hydroxylation is 2.